The molecule has 2 aliphatic rings. The molecule has 0 aliphatic carbocycles. The maximum atomic E-state index is 3.73. The van der Waals surface area contributed by atoms with E-state index in [-0.39, 0.29) is 11.1 Å². The highest BCUT2D eigenvalue weighted by atomic mass is 15.2. The molecule has 0 fully saturated rings. The zero-order valence-corrected chi connectivity index (χ0v) is 19.8. The van der Waals surface area contributed by atoms with Gasteiger partial charge in [0.2, 0.25) is 0 Å². The van der Waals surface area contributed by atoms with Crippen molar-refractivity contribution in [1.82, 2.24) is 0 Å². The average Bonchev–Trinajstić information content (AvgIpc) is 3.01. The average molecular weight is 406 g/mol. The molecule has 4 rings (SSSR count). The lowest BCUT2D eigenvalue weighted by Crippen LogP contribution is -2.43. The Bertz CT molecular complexity index is 888. The summed E-state index contributed by atoms with van der Waals surface area (Å²) in [6.07, 6.45) is 3.52. The van der Waals surface area contributed by atoms with Gasteiger partial charge in [-0.1, -0.05) is 24.3 Å². The lowest BCUT2D eigenvalue weighted by atomic mass is 9.91. The van der Waals surface area contributed by atoms with Gasteiger partial charge in [0.25, 0.3) is 0 Å². The molecule has 0 saturated heterocycles. The van der Waals surface area contributed by atoms with Gasteiger partial charge in [0, 0.05) is 42.3 Å². The van der Waals surface area contributed by atoms with Gasteiger partial charge in [0.05, 0.1) is 11.4 Å². The van der Waals surface area contributed by atoms with E-state index in [1.54, 1.807) is 0 Å². The number of nitrogens with zero attached hydrogens (tertiary/aromatic N) is 2. The van der Waals surface area contributed by atoms with Crippen molar-refractivity contribution in [2.45, 2.75) is 77.8 Å². The standard InChI is InChI=1S/C27H39N3/c1-26(2,3)29-17-9-16-28-23-18-21(14-15-25(23)29)22-13-12-20-10-7-8-11-24(20)30(19-22)27(4,5)6/h7-8,10-11,14-15,18,22,28H,9,12-13,16-17,19H2,1-6H3. The molecule has 3 nitrogen and oxygen atoms in total. The van der Waals surface area contributed by atoms with Crippen LogP contribution in [0.2, 0.25) is 0 Å². The summed E-state index contributed by atoms with van der Waals surface area (Å²) in [5, 5.41) is 3.73. The van der Waals surface area contributed by atoms with Gasteiger partial charge < -0.3 is 15.1 Å². The number of fused-ring (bicyclic) bond motifs is 2. The number of benzene rings is 2. The first kappa shape index (κ1) is 21.1. The molecule has 0 spiro atoms. The van der Waals surface area contributed by atoms with E-state index >= 15 is 0 Å². The van der Waals surface area contributed by atoms with Crippen LogP contribution >= 0.6 is 0 Å². The van der Waals surface area contributed by atoms with E-state index in [2.05, 4.69) is 99.1 Å². The second kappa shape index (κ2) is 7.83. The molecular weight excluding hydrogens is 366 g/mol. The minimum absolute atomic E-state index is 0.103. The van der Waals surface area contributed by atoms with Crippen LogP contribution in [0.15, 0.2) is 42.5 Å². The van der Waals surface area contributed by atoms with Crippen LogP contribution in [0.4, 0.5) is 17.1 Å². The molecule has 2 heterocycles. The second-order valence-corrected chi connectivity index (χ2v) is 11.0. The lowest BCUT2D eigenvalue weighted by molar-refractivity contribution is 0.477. The largest absolute Gasteiger partial charge is 0.383 e. The highest BCUT2D eigenvalue weighted by molar-refractivity contribution is 5.73. The summed E-state index contributed by atoms with van der Waals surface area (Å²) in [4.78, 5) is 5.19. The smallest absolute Gasteiger partial charge is 0.0606 e. The van der Waals surface area contributed by atoms with Crippen molar-refractivity contribution in [1.29, 1.82) is 0 Å². The third-order valence-corrected chi connectivity index (χ3v) is 6.72. The molecule has 2 aromatic carbocycles. The molecule has 0 radical (unpaired) electrons. The first-order valence-electron chi connectivity index (χ1n) is 11.7. The van der Waals surface area contributed by atoms with Gasteiger partial charge in [-0.3, -0.25) is 0 Å². The van der Waals surface area contributed by atoms with Crippen LogP contribution in [0.25, 0.3) is 0 Å². The third kappa shape index (κ3) is 4.17. The molecule has 30 heavy (non-hydrogen) atoms. The van der Waals surface area contributed by atoms with E-state index in [4.69, 9.17) is 0 Å². The van der Waals surface area contributed by atoms with Gasteiger partial charge in [-0.05, 0) is 90.1 Å². The molecule has 1 atom stereocenters. The quantitative estimate of drug-likeness (QED) is 0.589. The van der Waals surface area contributed by atoms with E-state index in [1.807, 2.05) is 0 Å². The maximum absolute atomic E-state index is 3.73. The Morgan fingerprint density at radius 3 is 2.33 bits per heavy atom. The van der Waals surface area contributed by atoms with Crippen LogP contribution in [0.5, 0.6) is 0 Å². The van der Waals surface area contributed by atoms with E-state index in [9.17, 15) is 0 Å². The number of nitrogens with one attached hydrogen (secondary N) is 1. The first-order chi connectivity index (χ1) is 14.1. The fraction of sp³-hybridized carbons (Fsp3) is 0.556. The van der Waals surface area contributed by atoms with E-state index < -0.39 is 0 Å². The molecule has 1 N–H and O–H groups in total. The normalized spacial score (nSPS) is 20.0. The summed E-state index contributed by atoms with van der Waals surface area (Å²) in [5.41, 5.74) is 7.28. The number of para-hydroxylation sites is 1. The zero-order chi connectivity index (χ0) is 21.5. The van der Waals surface area contributed by atoms with Crippen LogP contribution in [0.1, 0.15) is 71.4 Å². The Morgan fingerprint density at radius 1 is 0.867 bits per heavy atom. The van der Waals surface area contributed by atoms with Crippen LogP contribution in [0, 0.1) is 0 Å². The molecular formula is C27H39N3. The molecule has 2 aromatic rings. The van der Waals surface area contributed by atoms with Crippen LogP contribution in [-0.2, 0) is 6.42 Å². The number of rotatable bonds is 1. The van der Waals surface area contributed by atoms with Crippen molar-refractivity contribution < 1.29 is 0 Å². The van der Waals surface area contributed by atoms with Crippen LogP contribution in [-0.4, -0.2) is 30.7 Å². The maximum Gasteiger partial charge on any atom is 0.0606 e. The van der Waals surface area contributed by atoms with Gasteiger partial charge in [0.1, 0.15) is 0 Å². The van der Waals surface area contributed by atoms with Gasteiger partial charge in [0.15, 0.2) is 0 Å². The Hall–Kier alpha value is -2.16. The highest BCUT2D eigenvalue weighted by Crippen LogP contribution is 2.40. The summed E-state index contributed by atoms with van der Waals surface area (Å²) in [6, 6.07) is 16.2. The molecule has 0 saturated carbocycles. The van der Waals surface area contributed by atoms with Crippen LogP contribution in [0.3, 0.4) is 0 Å². The topological polar surface area (TPSA) is 18.5 Å². The Kier molecular flexibility index (Phi) is 5.50. The zero-order valence-electron chi connectivity index (χ0n) is 19.8. The fourth-order valence-corrected chi connectivity index (χ4v) is 5.09. The number of hydrogen-bond donors (Lipinski definition) is 1. The summed E-state index contributed by atoms with van der Waals surface area (Å²) in [7, 11) is 0. The second-order valence-electron chi connectivity index (χ2n) is 11.0. The molecule has 0 amide bonds. The number of aryl methyl sites for hydroxylation is 1. The first-order valence-corrected chi connectivity index (χ1v) is 11.7. The predicted molar refractivity (Wildman–Crippen MR) is 131 cm³/mol. The fourth-order valence-electron chi connectivity index (χ4n) is 5.09. The summed E-state index contributed by atoms with van der Waals surface area (Å²) in [6.45, 7) is 17.2. The minimum Gasteiger partial charge on any atom is -0.383 e. The lowest BCUT2D eigenvalue weighted by Gasteiger charge is -2.40. The van der Waals surface area contributed by atoms with Gasteiger partial charge in [-0.15, -0.1) is 0 Å². The third-order valence-electron chi connectivity index (χ3n) is 6.72. The van der Waals surface area contributed by atoms with E-state index in [0.29, 0.717) is 5.92 Å². The molecule has 162 valence electrons. The van der Waals surface area contributed by atoms with Crippen molar-refractivity contribution in [2.75, 3.05) is 34.8 Å². The molecule has 3 heteroatoms. The minimum atomic E-state index is 0.103. The monoisotopic (exact) mass is 405 g/mol. The van der Waals surface area contributed by atoms with E-state index in [0.717, 1.165) is 26.1 Å². The predicted octanol–water partition coefficient (Wildman–Crippen LogP) is 6.44. The van der Waals surface area contributed by atoms with Crippen molar-refractivity contribution in [3.8, 4) is 0 Å². The Balaban J connectivity index is 1.69. The Labute approximate surface area is 183 Å². The Morgan fingerprint density at radius 2 is 1.60 bits per heavy atom. The van der Waals surface area contributed by atoms with Crippen molar-refractivity contribution >= 4 is 17.1 Å². The molecule has 2 aliphatic heterocycles. The summed E-state index contributed by atoms with van der Waals surface area (Å²) in [5.74, 6) is 0.537. The number of hydrogen-bond acceptors (Lipinski definition) is 3. The highest BCUT2D eigenvalue weighted by Gasteiger charge is 2.31. The van der Waals surface area contributed by atoms with Crippen LogP contribution < -0.4 is 15.1 Å². The van der Waals surface area contributed by atoms with Crippen molar-refractivity contribution in [2.24, 2.45) is 0 Å². The van der Waals surface area contributed by atoms with Gasteiger partial charge in [-0.25, -0.2) is 0 Å². The SMILES string of the molecule is CC(C)(C)N1CC(c2ccc3c(c2)NCCCN3C(C)(C)C)CCc2ccccc21. The van der Waals surface area contributed by atoms with Crippen molar-refractivity contribution in [3.05, 3.63) is 53.6 Å². The van der Waals surface area contributed by atoms with Crippen molar-refractivity contribution in [3.63, 3.8) is 0 Å². The molecule has 1 unspecified atom stereocenters. The van der Waals surface area contributed by atoms with E-state index in [1.165, 1.54) is 41.0 Å². The van der Waals surface area contributed by atoms with Gasteiger partial charge >= 0.3 is 0 Å². The van der Waals surface area contributed by atoms with Gasteiger partial charge in [-0.2, -0.15) is 0 Å². The molecule has 0 aromatic heterocycles. The summed E-state index contributed by atoms with van der Waals surface area (Å²) >= 11 is 0. The summed E-state index contributed by atoms with van der Waals surface area (Å²) < 4.78 is 0. The number of anilines is 3. The molecule has 0 bridgehead atoms.